The number of benzene rings is 1. The molecule has 0 bridgehead atoms. The standard InChI is InChI=1S/C13H18ClNO2/c1-10-6-4-5-7-12(10)15(13(16)8-14)9-11(2)17-3/h4-7,11H,8-9H2,1-3H3. The number of hydrogen-bond acceptors (Lipinski definition) is 2. The Labute approximate surface area is 107 Å². The second-order valence-electron chi connectivity index (χ2n) is 3.97. The number of halogens is 1. The van der Waals surface area contributed by atoms with Crippen LogP contribution >= 0.6 is 11.6 Å². The summed E-state index contributed by atoms with van der Waals surface area (Å²) in [6.07, 6.45) is -0.0261. The normalized spacial score (nSPS) is 12.2. The summed E-state index contributed by atoms with van der Waals surface area (Å²) in [6.45, 7) is 4.40. The lowest BCUT2D eigenvalue weighted by Gasteiger charge is -2.26. The van der Waals surface area contributed by atoms with Crippen molar-refractivity contribution < 1.29 is 9.53 Å². The van der Waals surface area contributed by atoms with Crippen LogP contribution in [0.25, 0.3) is 0 Å². The molecule has 1 unspecified atom stereocenters. The predicted octanol–water partition coefficient (Wildman–Crippen LogP) is 2.60. The summed E-state index contributed by atoms with van der Waals surface area (Å²) in [6, 6.07) is 7.75. The highest BCUT2D eigenvalue weighted by atomic mass is 35.5. The van der Waals surface area contributed by atoms with Gasteiger partial charge in [0.1, 0.15) is 5.88 Å². The number of nitrogens with zero attached hydrogens (tertiary/aromatic N) is 1. The zero-order chi connectivity index (χ0) is 12.8. The molecule has 0 fully saturated rings. The zero-order valence-electron chi connectivity index (χ0n) is 10.4. The van der Waals surface area contributed by atoms with E-state index in [2.05, 4.69) is 0 Å². The molecule has 1 aromatic rings. The van der Waals surface area contributed by atoms with Crippen molar-refractivity contribution in [3.05, 3.63) is 29.8 Å². The number of carbonyl (C=O) groups excluding carboxylic acids is 1. The predicted molar refractivity (Wildman–Crippen MR) is 70.7 cm³/mol. The van der Waals surface area contributed by atoms with Gasteiger partial charge in [-0.05, 0) is 25.5 Å². The quantitative estimate of drug-likeness (QED) is 0.757. The molecule has 1 amide bonds. The van der Waals surface area contributed by atoms with E-state index in [4.69, 9.17) is 16.3 Å². The maximum Gasteiger partial charge on any atom is 0.242 e. The van der Waals surface area contributed by atoms with Gasteiger partial charge in [0.15, 0.2) is 0 Å². The molecule has 1 aromatic carbocycles. The minimum Gasteiger partial charge on any atom is -0.380 e. The molecule has 0 aromatic heterocycles. The number of carbonyl (C=O) groups is 1. The molecule has 94 valence electrons. The number of hydrogen-bond donors (Lipinski definition) is 0. The van der Waals surface area contributed by atoms with Crippen LogP contribution < -0.4 is 4.90 Å². The SMILES string of the molecule is COC(C)CN(C(=O)CCl)c1ccccc1C. The first-order valence-electron chi connectivity index (χ1n) is 5.55. The molecule has 0 aliphatic heterocycles. The van der Waals surface area contributed by atoms with E-state index in [-0.39, 0.29) is 17.9 Å². The van der Waals surface area contributed by atoms with Crippen LogP contribution in [-0.4, -0.2) is 31.5 Å². The molecule has 0 saturated carbocycles. The highest BCUT2D eigenvalue weighted by molar-refractivity contribution is 6.29. The first kappa shape index (κ1) is 14.0. The van der Waals surface area contributed by atoms with Gasteiger partial charge in [-0.15, -0.1) is 11.6 Å². The van der Waals surface area contributed by atoms with E-state index < -0.39 is 0 Å². The molecule has 1 atom stereocenters. The minimum atomic E-state index is -0.107. The number of anilines is 1. The van der Waals surface area contributed by atoms with Gasteiger partial charge in [-0.1, -0.05) is 18.2 Å². The minimum absolute atomic E-state index is 0.0230. The second kappa shape index (κ2) is 6.62. The Morgan fingerprint density at radius 2 is 2.12 bits per heavy atom. The Balaban J connectivity index is 2.98. The number of ether oxygens (including phenoxy) is 1. The van der Waals surface area contributed by atoms with E-state index in [1.54, 1.807) is 12.0 Å². The monoisotopic (exact) mass is 255 g/mol. The lowest BCUT2D eigenvalue weighted by atomic mass is 10.1. The summed E-state index contributed by atoms with van der Waals surface area (Å²) in [4.78, 5) is 13.5. The number of methoxy groups -OCH3 is 1. The van der Waals surface area contributed by atoms with E-state index in [0.29, 0.717) is 6.54 Å². The third-order valence-corrected chi connectivity index (χ3v) is 2.89. The highest BCUT2D eigenvalue weighted by Gasteiger charge is 2.18. The van der Waals surface area contributed by atoms with Crippen molar-refractivity contribution in [3.63, 3.8) is 0 Å². The van der Waals surface area contributed by atoms with Crippen LogP contribution in [0.4, 0.5) is 5.69 Å². The molecular weight excluding hydrogens is 238 g/mol. The van der Waals surface area contributed by atoms with Crippen molar-refractivity contribution in [3.8, 4) is 0 Å². The molecule has 1 rings (SSSR count). The highest BCUT2D eigenvalue weighted by Crippen LogP contribution is 2.20. The molecule has 0 saturated heterocycles. The molecule has 0 radical (unpaired) electrons. The lowest BCUT2D eigenvalue weighted by molar-refractivity contribution is -0.116. The van der Waals surface area contributed by atoms with Gasteiger partial charge in [0, 0.05) is 12.8 Å². The summed E-state index contributed by atoms with van der Waals surface area (Å²) in [5, 5.41) is 0. The topological polar surface area (TPSA) is 29.5 Å². The van der Waals surface area contributed by atoms with E-state index in [9.17, 15) is 4.79 Å². The number of alkyl halides is 1. The smallest absolute Gasteiger partial charge is 0.242 e. The largest absolute Gasteiger partial charge is 0.380 e. The Hall–Kier alpha value is -1.06. The first-order chi connectivity index (χ1) is 8.10. The summed E-state index contributed by atoms with van der Waals surface area (Å²) < 4.78 is 5.20. The third-order valence-electron chi connectivity index (χ3n) is 2.66. The molecule has 0 spiro atoms. The van der Waals surface area contributed by atoms with Gasteiger partial charge in [-0.2, -0.15) is 0 Å². The molecule has 17 heavy (non-hydrogen) atoms. The van der Waals surface area contributed by atoms with Gasteiger partial charge >= 0.3 is 0 Å². The van der Waals surface area contributed by atoms with E-state index in [0.717, 1.165) is 11.3 Å². The fourth-order valence-corrected chi connectivity index (χ4v) is 1.75. The lowest BCUT2D eigenvalue weighted by Crippen LogP contribution is -2.38. The van der Waals surface area contributed by atoms with Gasteiger partial charge in [-0.25, -0.2) is 0 Å². The Kier molecular flexibility index (Phi) is 5.45. The zero-order valence-corrected chi connectivity index (χ0v) is 11.2. The average Bonchev–Trinajstić information content (AvgIpc) is 2.35. The number of aryl methyl sites for hydroxylation is 1. The van der Waals surface area contributed by atoms with Gasteiger partial charge in [0.05, 0.1) is 12.6 Å². The maximum absolute atomic E-state index is 11.9. The van der Waals surface area contributed by atoms with Crippen LogP contribution in [0.3, 0.4) is 0 Å². The van der Waals surface area contributed by atoms with Crippen LogP contribution in [-0.2, 0) is 9.53 Å². The maximum atomic E-state index is 11.9. The van der Waals surface area contributed by atoms with Crippen LogP contribution in [0.5, 0.6) is 0 Å². The van der Waals surface area contributed by atoms with Crippen molar-refractivity contribution in [2.75, 3.05) is 24.4 Å². The number of para-hydroxylation sites is 1. The summed E-state index contributed by atoms with van der Waals surface area (Å²) >= 11 is 5.64. The van der Waals surface area contributed by atoms with Crippen LogP contribution in [0.15, 0.2) is 24.3 Å². The van der Waals surface area contributed by atoms with E-state index in [1.165, 1.54) is 0 Å². The molecule has 4 heteroatoms. The fraction of sp³-hybridized carbons (Fsp3) is 0.462. The molecule has 0 N–H and O–H groups in total. The Bertz CT molecular complexity index is 381. The van der Waals surface area contributed by atoms with Gasteiger partial charge in [0.25, 0.3) is 0 Å². The van der Waals surface area contributed by atoms with Crippen LogP contribution in [0.2, 0.25) is 0 Å². The van der Waals surface area contributed by atoms with Gasteiger partial charge < -0.3 is 9.64 Å². The summed E-state index contributed by atoms with van der Waals surface area (Å²) in [5.41, 5.74) is 1.94. The fourth-order valence-electron chi connectivity index (χ4n) is 1.60. The summed E-state index contributed by atoms with van der Waals surface area (Å²) in [7, 11) is 1.63. The second-order valence-corrected chi connectivity index (χ2v) is 4.24. The molecule has 0 heterocycles. The Morgan fingerprint density at radius 1 is 1.47 bits per heavy atom. The van der Waals surface area contributed by atoms with Gasteiger partial charge in [0.2, 0.25) is 5.91 Å². The van der Waals surface area contributed by atoms with Crippen LogP contribution in [0.1, 0.15) is 12.5 Å². The van der Waals surface area contributed by atoms with Crippen molar-refractivity contribution >= 4 is 23.2 Å². The molecule has 0 aliphatic rings. The van der Waals surface area contributed by atoms with Crippen molar-refractivity contribution in [2.45, 2.75) is 20.0 Å². The summed E-state index contributed by atoms with van der Waals surface area (Å²) in [5.74, 6) is -0.130. The third kappa shape index (κ3) is 3.72. The van der Waals surface area contributed by atoms with Crippen molar-refractivity contribution in [1.29, 1.82) is 0 Å². The van der Waals surface area contributed by atoms with E-state index >= 15 is 0 Å². The average molecular weight is 256 g/mol. The number of amides is 1. The van der Waals surface area contributed by atoms with Gasteiger partial charge in [-0.3, -0.25) is 4.79 Å². The molecular formula is C13H18ClNO2. The van der Waals surface area contributed by atoms with Crippen molar-refractivity contribution in [1.82, 2.24) is 0 Å². The molecule has 3 nitrogen and oxygen atoms in total. The first-order valence-corrected chi connectivity index (χ1v) is 6.08. The Morgan fingerprint density at radius 3 is 2.65 bits per heavy atom. The van der Waals surface area contributed by atoms with E-state index in [1.807, 2.05) is 38.1 Å². The van der Waals surface area contributed by atoms with Crippen LogP contribution in [0, 0.1) is 6.92 Å². The van der Waals surface area contributed by atoms with Crippen molar-refractivity contribution in [2.24, 2.45) is 0 Å². The molecule has 0 aliphatic carbocycles. The number of rotatable bonds is 5.